The number of benzene rings is 1. The molecule has 0 saturated carbocycles. The van der Waals surface area contributed by atoms with Crippen LogP contribution in [-0.4, -0.2) is 18.5 Å². The molecule has 2 rings (SSSR count). The molecule has 0 amide bonds. The Labute approximate surface area is 87.2 Å². The Hall–Kier alpha value is -0.930. The van der Waals surface area contributed by atoms with Gasteiger partial charge in [0.15, 0.2) is 11.5 Å². The Morgan fingerprint density at radius 2 is 2.14 bits per heavy atom. The van der Waals surface area contributed by atoms with E-state index in [4.69, 9.17) is 26.2 Å². The van der Waals surface area contributed by atoms with Gasteiger partial charge in [-0.2, -0.15) is 0 Å². The highest BCUT2D eigenvalue weighted by molar-refractivity contribution is 6.32. The second kappa shape index (κ2) is 3.67. The Kier molecular flexibility index (Phi) is 2.52. The maximum Gasteiger partial charge on any atom is 0.231 e. The summed E-state index contributed by atoms with van der Waals surface area (Å²) in [5.74, 6) is 1.33. The molecule has 14 heavy (non-hydrogen) atoms. The first-order valence-corrected chi connectivity index (χ1v) is 4.80. The molecule has 76 valence electrons. The molecule has 1 aromatic rings. The molecule has 1 aromatic carbocycles. The zero-order chi connectivity index (χ0) is 10.1. The molecule has 0 bridgehead atoms. The summed E-state index contributed by atoms with van der Waals surface area (Å²) in [5.41, 5.74) is 2.00. The third-order valence-electron chi connectivity index (χ3n) is 2.33. The second-order valence-corrected chi connectivity index (χ2v) is 3.59. The number of halogens is 1. The topological polar surface area (TPSA) is 38.7 Å². The second-order valence-electron chi connectivity index (χ2n) is 3.18. The van der Waals surface area contributed by atoms with Crippen LogP contribution in [0, 0.1) is 6.92 Å². The Balaban J connectivity index is 2.50. The van der Waals surface area contributed by atoms with E-state index in [0.29, 0.717) is 22.9 Å². The minimum Gasteiger partial charge on any atom is -0.453 e. The molecule has 0 saturated heterocycles. The quantitative estimate of drug-likeness (QED) is 0.818. The zero-order valence-electron chi connectivity index (χ0n) is 7.84. The lowest BCUT2D eigenvalue weighted by atomic mass is 10.0. The van der Waals surface area contributed by atoms with E-state index >= 15 is 0 Å². The molecule has 0 fully saturated rings. The van der Waals surface area contributed by atoms with E-state index in [1.165, 1.54) is 0 Å². The molecule has 0 radical (unpaired) electrons. The maximum absolute atomic E-state index is 8.87. The number of fused-ring (bicyclic) bond motifs is 1. The lowest BCUT2D eigenvalue weighted by Crippen LogP contribution is -1.96. The van der Waals surface area contributed by atoms with Gasteiger partial charge >= 0.3 is 0 Å². The van der Waals surface area contributed by atoms with Crippen molar-refractivity contribution in [2.75, 3.05) is 13.4 Å². The molecule has 0 unspecified atom stereocenters. The molecular formula is C10H11ClO3. The van der Waals surface area contributed by atoms with Crippen LogP contribution in [0.3, 0.4) is 0 Å². The van der Waals surface area contributed by atoms with Crippen LogP contribution in [0.1, 0.15) is 11.1 Å². The molecule has 1 N–H and O–H groups in total. The SMILES string of the molecule is Cc1c(CCO)cc(Cl)c2c1OCO2. The number of ether oxygens (including phenoxy) is 2. The van der Waals surface area contributed by atoms with E-state index in [2.05, 4.69) is 0 Å². The highest BCUT2D eigenvalue weighted by Crippen LogP contribution is 2.43. The highest BCUT2D eigenvalue weighted by atomic mass is 35.5. The van der Waals surface area contributed by atoms with E-state index in [0.717, 1.165) is 11.1 Å². The normalized spacial score (nSPS) is 13.4. The third kappa shape index (κ3) is 1.42. The van der Waals surface area contributed by atoms with Crippen LogP contribution in [-0.2, 0) is 6.42 Å². The molecular weight excluding hydrogens is 204 g/mol. The summed E-state index contributed by atoms with van der Waals surface area (Å²) >= 11 is 6.00. The summed E-state index contributed by atoms with van der Waals surface area (Å²) in [6, 6.07) is 1.82. The lowest BCUT2D eigenvalue weighted by molar-refractivity contribution is 0.173. The average molecular weight is 215 g/mol. The van der Waals surface area contributed by atoms with Crippen molar-refractivity contribution in [2.24, 2.45) is 0 Å². The van der Waals surface area contributed by atoms with Crippen LogP contribution >= 0.6 is 11.6 Å². The van der Waals surface area contributed by atoms with E-state index in [1.54, 1.807) is 0 Å². The van der Waals surface area contributed by atoms with E-state index in [-0.39, 0.29) is 13.4 Å². The summed E-state index contributed by atoms with van der Waals surface area (Å²) < 4.78 is 10.5. The molecule has 4 heteroatoms. The monoisotopic (exact) mass is 214 g/mol. The van der Waals surface area contributed by atoms with Crippen LogP contribution in [0.4, 0.5) is 0 Å². The molecule has 0 aromatic heterocycles. The third-order valence-corrected chi connectivity index (χ3v) is 2.61. The number of hydrogen-bond acceptors (Lipinski definition) is 3. The van der Waals surface area contributed by atoms with Gasteiger partial charge in [0.25, 0.3) is 0 Å². The Bertz CT molecular complexity index is 363. The fraction of sp³-hybridized carbons (Fsp3) is 0.400. The summed E-state index contributed by atoms with van der Waals surface area (Å²) in [6.45, 7) is 2.27. The van der Waals surface area contributed by atoms with Gasteiger partial charge in [0.05, 0.1) is 5.02 Å². The molecule has 0 spiro atoms. The van der Waals surface area contributed by atoms with E-state index < -0.39 is 0 Å². The summed E-state index contributed by atoms with van der Waals surface area (Å²) in [5, 5.41) is 9.42. The van der Waals surface area contributed by atoms with Gasteiger partial charge < -0.3 is 14.6 Å². The summed E-state index contributed by atoms with van der Waals surface area (Å²) in [6.07, 6.45) is 0.586. The van der Waals surface area contributed by atoms with Crippen LogP contribution in [0.2, 0.25) is 5.02 Å². The van der Waals surface area contributed by atoms with Crippen LogP contribution < -0.4 is 9.47 Å². The first-order valence-electron chi connectivity index (χ1n) is 4.42. The minimum atomic E-state index is 0.108. The molecule has 3 nitrogen and oxygen atoms in total. The summed E-state index contributed by atoms with van der Waals surface area (Å²) in [4.78, 5) is 0. The van der Waals surface area contributed by atoms with Gasteiger partial charge in [-0.1, -0.05) is 11.6 Å². The van der Waals surface area contributed by atoms with Crippen molar-refractivity contribution < 1.29 is 14.6 Å². The zero-order valence-corrected chi connectivity index (χ0v) is 8.60. The number of rotatable bonds is 2. The van der Waals surface area contributed by atoms with Crippen molar-refractivity contribution >= 4 is 11.6 Å². The molecule has 1 aliphatic heterocycles. The van der Waals surface area contributed by atoms with E-state index in [1.807, 2.05) is 13.0 Å². The first kappa shape index (κ1) is 9.62. The van der Waals surface area contributed by atoms with Crippen molar-refractivity contribution in [3.63, 3.8) is 0 Å². The van der Waals surface area contributed by atoms with Crippen LogP contribution in [0.5, 0.6) is 11.5 Å². The van der Waals surface area contributed by atoms with Crippen molar-refractivity contribution in [3.05, 3.63) is 22.2 Å². The average Bonchev–Trinajstić information content (AvgIpc) is 2.63. The van der Waals surface area contributed by atoms with Gasteiger partial charge in [-0.05, 0) is 30.5 Å². The van der Waals surface area contributed by atoms with Gasteiger partial charge in [0.2, 0.25) is 6.79 Å². The van der Waals surface area contributed by atoms with Gasteiger partial charge in [-0.3, -0.25) is 0 Å². The van der Waals surface area contributed by atoms with Crippen molar-refractivity contribution in [1.29, 1.82) is 0 Å². The maximum atomic E-state index is 8.87. The fourth-order valence-electron chi connectivity index (χ4n) is 1.59. The Morgan fingerprint density at radius 3 is 2.86 bits per heavy atom. The number of hydrogen-bond donors (Lipinski definition) is 1. The summed E-state index contributed by atoms with van der Waals surface area (Å²) in [7, 11) is 0. The van der Waals surface area contributed by atoms with Crippen LogP contribution in [0.25, 0.3) is 0 Å². The molecule has 1 aliphatic rings. The van der Waals surface area contributed by atoms with E-state index in [9.17, 15) is 0 Å². The van der Waals surface area contributed by atoms with Gasteiger partial charge in [0, 0.05) is 6.61 Å². The largest absolute Gasteiger partial charge is 0.453 e. The van der Waals surface area contributed by atoms with Crippen molar-refractivity contribution in [2.45, 2.75) is 13.3 Å². The van der Waals surface area contributed by atoms with Crippen molar-refractivity contribution in [3.8, 4) is 11.5 Å². The lowest BCUT2D eigenvalue weighted by Gasteiger charge is -2.08. The molecule has 1 heterocycles. The minimum absolute atomic E-state index is 0.108. The predicted octanol–water partition coefficient (Wildman–Crippen LogP) is 1.91. The van der Waals surface area contributed by atoms with Gasteiger partial charge in [-0.25, -0.2) is 0 Å². The predicted molar refractivity (Wildman–Crippen MR) is 53.1 cm³/mol. The van der Waals surface area contributed by atoms with Crippen molar-refractivity contribution in [1.82, 2.24) is 0 Å². The van der Waals surface area contributed by atoms with Gasteiger partial charge in [0.1, 0.15) is 0 Å². The highest BCUT2D eigenvalue weighted by Gasteiger charge is 2.21. The number of aliphatic hydroxyl groups is 1. The van der Waals surface area contributed by atoms with Gasteiger partial charge in [-0.15, -0.1) is 0 Å². The first-order chi connectivity index (χ1) is 6.74. The van der Waals surface area contributed by atoms with Crippen LogP contribution in [0.15, 0.2) is 6.07 Å². The fourth-order valence-corrected chi connectivity index (χ4v) is 1.86. The molecule has 0 aliphatic carbocycles. The molecule has 0 atom stereocenters. The number of aliphatic hydroxyl groups excluding tert-OH is 1. The smallest absolute Gasteiger partial charge is 0.231 e. The Morgan fingerprint density at radius 1 is 1.43 bits per heavy atom. The standard InChI is InChI=1S/C10H11ClO3/c1-6-7(2-3-12)4-8(11)10-9(6)13-5-14-10/h4,12H,2-3,5H2,1H3.